The second kappa shape index (κ2) is 7.85. The second-order valence-electron chi connectivity index (χ2n) is 7.89. The minimum atomic E-state index is -0.523. The summed E-state index contributed by atoms with van der Waals surface area (Å²) in [6.07, 6.45) is 2.41. The largest absolute Gasteiger partial charge is 0.444 e. The Labute approximate surface area is 164 Å². The first-order chi connectivity index (χ1) is 13.3. The fraction of sp³-hybridized carbons (Fsp3) is 0.429. The first kappa shape index (κ1) is 19.6. The van der Waals surface area contributed by atoms with Gasteiger partial charge in [0.1, 0.15) is 17.4 Å². The molecule has 2 amide bonds. The van der Waals surface area contributed by atoms with E-state index in [2.05, 4.69) is 16.4 Å². The summed E-state index contributed by atoms with van der Waals surface area (Å²) < 4.78 is 5.40. The maximum Gasteiger partial charge on any atom is 0.410 e. The molecule has 0 aliphatic carbocycles. The molecule has 2 heterocycles. The molecule has 0 unspecified atom stereocenters. The summed E-state index contributed by atoms with van der Waals surface area (Å²) in [4.78, 5) is 30.8. The van der Waals surface area contributed by atoms with Gasteiger partial charge < -0.3 is 15.0 Å². The molecule has 0 bridgehead atoms. The van der Waals surface area contributed by atoms with Crippen molar-refractivity contribution in [3.63, 3.8) is 0 Å². The Bertz CT molecular complexity index is 935. The van der Waals surface area contributed by atoms with Crippen LogP contribution in [-0.4, -0.2) is 46.6 Å². The monoisotopic (exact) mass is 380 g/mol. The third-order valence-electron chi connectivity index (χ3n) is 4.61. The van der Waals surface area contributed by atoms with E-state index in [-0.39, 0.29) is 18.0 Å². The number of nitriles is 1. The van der Waals surface area contributed by atoms with E-state index in [1.807, 2.05) is 39.0 Å². The Hall–Kier alpha value is -3.14. The van der Waals surface area contributed by atoms with Crippen molar-refractivity contribution < 1.29 is 14.3 Å². The van der Waals surface area contributed by atoms with Crippen LogP contribution in [0.25, 0.3) is 10.8 Å². The third kappa shape index (κ3) is 4.39. The van der Waals surface area contributed by atoms with Crippen LogP contribution in [0.1, 0.15) is 49.7 Å². The van der Waals surface area contributed by atoms with Gasteiger partial charge in [0.15, 0.2) is 0 Å². The number of piperidine rings is 1. The first-order valence-corrected chi connectivity index (χ1v) is 9.35. The van der Waals surface area contributed by atoms with Crippen molar-refractivity contribution in [2.75, 3.05) is 13.1 Å². The normalized spacial score (nSPS) is 15.1. The molecule has 1 saturated heterocycles. The number of benzene rings is 1. The number of nitrogens with one attached hydrogen (secondary N) is 1. The van der Waals surface area contributed by atoms with Gasteiger partial charge in [-0.25, -0.2) is 9.78 Å². The zero-order chi connectivity index (χ0) is 20.3. The minimum absolute atomic E-state index is 0.0395. The van der Waals surface area contributed by atoms with Gasteiger partial charge in [0.2, 0.25) is 0 Å². The molecule has 0 spiro atoms. The lowest BCUT2D eigenvalue weighted by Crippen LogP contribution is -2.47. The van der Waals surface area contributed by atoms with Crippen molar-refractivity contribution in [2.24, 2.45) is 0 Å². The van der Waals surface area contributed by atoms with Crippen molar-refractivity contribution in [1.29, 1.82) is 5.26 Å². The number of hydrogen-bond acceptors (Lipinski definition) is 5. The number of carbonyl (C=O) groups excluding carboxylic acids is 2. The van der Waals surface area contributed by atoms with Crippen LogP contribution in [0.4, 0.5) is 4.79 Å². The van der Waals surface area contributed by atoms with Crippen molar-refractivity contribution in [3.05, 3.63) is 41.7 Å². The van der Waals surface area contributed by atoms with Crippen LogP contribution in [0.3, 0.4) is 0 Å². The van der Waals surface area contributed by atoms with Gasteiger partial charge in [-0.1, -0.05) is 24.3 Å². The third-order valence-corrected chi connectivity index (χ3v) is 4.61. The predicted molar refractivity (Wildman–Crippen MR) is 105 cm³/mol. The highest BCUT2D eigenvalue weighted by Gasteiger charge is 2.28. The SMILES string of the molecule is CC(C)(C)OC(=O)N1CCC(NC(=O)c2ncc(C#N)c3ccccc23)CC1. The molecule has 7 nitrogen and oxygen atoms in total. The van der Waals surface area contributed by atoms with Crippen LogP contribution in [0.5, 0.6) is 0 Å². The number of amides is 2. The molecule has 1 N–H and O–H groups in total. The van der Waals surface area contributed by atoms with E-state index in [0.717, 1.165) is 0 Å². The Kier molecular flexibility index (Phi) is 5.50. The van der Waals surface area contributed by atoms with Crippen LogP contribution in [0.2, 0.25) is 0 Å². The molecule has 146 valence electrons. The number of ether oxygens (including phenoxy) is 1. The van der Waals surface area contributed by atoms with E-state index in [9.17, 15) is 14.9 Å². The fourth-order valence-corrected chi connectivity index (χ4v) is 3.25. The Morgan fingerprint density at radius 3 is 2.46 bits per heavy atom. The van der Waals surface area contributed by atoms with Crippen molar-refractivity contribution >= 4 is 22.8 Å². The van der Waals surface area contributed by atoms with Gasteiger partial charge in [-0.15, -0.1) is 0 Å². The van der Waals surface area contributed by atoms with E-state index in [4.69, 9.17) is 4.74 Å². The van der Waals surface area contributed by atoms with Gasteiger partial charge in [-0.05, 0) is 33.6 Å². The maximum absolute atomic E-state index is 12.8. The van der Waals surface area contributed by atoms with Gasteiger partial charge in [-0.3, -0.25) is 4.79 Å². The van der Waals surface area contributed by atoms with E-state index in [1.165, 1.54) is 6.20 Å². The van der Waals surface area contributed by atoms with E-state index < -0.39 is 5.60 Å². The number of pyridine rings is 1. The van der Waals surface area contributed by atoms with Gasteiger partial charge in [0, 0.05) is 36.1 Å². The molecule has 3 rings (SSSR count). The molecule has 1 aliphatic heterocycles. The van der Waals surface area contributed by atoms with Gasteiger partial charge in [0.25, 0.3) is 5.91 Å². The number of rotatable bonds is 2. The standard InChI is InChI=1S/C21H24N4O3/c1-21(2,3)28-20(27)25-10-8-15(9-11-25)24-19(26)18-17-7-5-4-6-16(17)14(12-22)13-23-18/h4-7,13,15H,8-11H2,1-3H3,(H,24,26). The number of hydrogen-bond donors (Lipinski definition) is 1. The fourth-order valence-electron chi connectivity index (χ4n) is 3.25. The van der Waals surface area contributed by atoms with E-state index >= 15 is 0 Å². The lowest BCUT2D eigenvalue weighted by atomic mass is 10.0. The summed E-state index contributed by atoms with van der Waals surface area (Å²) in [5.41, 5.74) is 0.228. The highest BCUT2D eigenvalue weighted by Crippen LogP contribution is 2.21. The van der Waals surface area contributed by atoms with Gasteiger partial charge in [0.05, 0.1) is 5.56 Å². The number of likely N-dealkylation sites (tertiary alicyclic amines) is 1. The lowest BCUT2D eigenvalue weighted by molar-refractivity contribution is 0.0199. The topological polar surface area (TPSA) is 95.3 Å². The Balaban J connectivity index is 1.65. The maximum atomic E-state index is 12.8. The number of fused-ring (bicyclic) bond motifs is 1. The Morgan fingerprint density at radius 2 is 1.86 bits per heavy atom. The molecule has 7 heteroatoms. The average molecular weight is 380 g/mol. The molecule has 1 aromatic carbocycles. The van der Waals surface area contributed by atoms with Crippen molar-refractivity contribution in [3.8, 4) is 6.07 Å². The zero-order valence-corrected chi connectivity index (χ0v) is 16.4. The summed E-state index contributed by atoms with van der Waals surface area (Å²) in [7, 11) is 0. The van der Waals surface area contributed by atoms with Gasteiger partial charge in [-0.2, -0.15) is 5.26 Å². The molecule has 2 aromatic rings. The summed E-state index contributed by atoms with van der Waals surface area (Å²) in [6, 6.07) is 9.32. The average Bonchev–Trinajstić information content (AvgIpc) is 2.66. The first-order valence-electron chi connectivity index (χ1n) is 9.35. The summed E-state index contributed by atoms with van der Waals surface area (Å²) in [5, 5.41) is 13.6. The highest BCUT2D eigenvalue weighted by atomic mass is 16.6. The summed E-state index contributed by atoms with van der Waals surface area (Å²) >= 11 is 0. The molecular formula is C21H24N4O3. The quantitative estimate of drug-likeness (QED) is 0.863. The van der Waals surface area contributed by atoms with Crippen LogP contribution in [0, 0.1) is 11.3 Å². The lowest BCUT2D eigenvalue weighted by Gasteiger charge is -2.33. The Morgan fingerprint density at radius 1 is 1.21 bits per heavy atom. The van der Waals surface area contributed by atoms with Crippen molar-refractivity contribution in [1.82, 2.24) is 15.2 Å². The number of nitrogens with zero attached hydrogens (tertiary/aromatic N) is 3. The second-order valence-corrected chi connectivity index (χ2v) is 7.89. The van der Waals surface area contributed by atoms with E-state index in [1.54, 1.807) is 11.0 Å². The number of carbonyl (C=O) groups is 2. The molecule has 1 aliphatic rings. The molecule has 1 aromatic heterocycles. The van der Waals surface area contributed by atoms with E-state index in [0.29, 0.717) is 48.0 Å². The molecule has 1 fully saturated rings. The molecule has 28 heavy (non-hydrogen) atoms. The smallest absolute Gasteiger partial charge is 0.410 e. The zero-order valence-electron chi connectivity index (χ0n) is 16.4. The molecular weight excluding hydrogens is 356 g/mol. The number of aromatic nitrogens is 1. The van der Waals surface area contributed by atoms with Crippen LogP contribution < -0.4 is 5.32 Å². The van der Waals surface area contributed by atoms with Crippen LogP contribution >= 0.6 is 0 Å². The van der Waals surface area contributed by atoms with Crippen LogP contribution in [-0.2, 0) is 4.74 Å². The molecule has 0 radical (unpaired) electrons. The highest BCUT2D eigenvalue weighted by molar-refractivity contribution is 6.06. The molecule has 0 saturated carbocycles. The molecule has 0 atom stereocenters. The predicted octanol–water partition coefficient (Wildman–Crippen LogP) is 3.24. The van der Waals surface area contributed by atoms with Gasteiger partial charge >= 0.3 is 6.09 Å². The van der Waals surface area contributed by atoms with Crippen LogP contribution in [0.15, 0.2) is 30.5 Å². The minimum Gasteiger partial charge on any atom is -0.444 e. The summed E-state index contributed by atoms with van der Waals surface area (Å²) in [5.74, 6) is -0.267. The van der Waals surface area contributed by atoms with Crippen molar-refractivity contribution in [2.45, 2.75) is 45.3 Å². The summed E-state index contributed by atoms with van der Waals surface area (Å²) in [6.45, 7) is 6.58.